The van der Waals surface area contributed by atoms with Crippen LogP contribution in [0.3, 0.4) is 0 Å². The predicted molar refractivity (Wildman–Crippen MR) is 166 cm³/mol. The quantitative estimate of drug-likeness (QED) is 0.168. The number of benzene rings is 3. The fourth-order valence-corrected chi connectivity index (χ4v) is 6.66. The Labute approximate surface area is 269 Å². The Balaban J connectivity index is 1.35. The van der Waals surface area contributed by atoms with Crippen molar-refractivity contribution < 1.29 is 42.5 Å². The maximum Gasteiger partial charge on any atom is 0.338 e. The molecule has 1 spiro atoms. The number of carbonyl (C=O) groups is 3. The van der Waals surface area contributed by atoms with Crippen LogP contribution in [0.5, 0.6) is 0 Å². The summed E-state index contributed by atoms with van der Waals surface area (Å²) in [6.07, 6.45) is 0.841. The Kier molecular flexibility index (Phi) is 10.9. The lowest BCUT2D eigenvalue weighted by Gasteiger charge is -2.33. The molecule has 1 heterocycles. The topological polar surface area (TPSA) is 97.4 Å². The monoisotopic (exact) mass is 654 g/mol. The van der Waals surface area contributed by atoms with Gasteiger partial charge in [-0.25, -0.2) is 18.8 Å². The predicted octanol–water partition coefficient (Wildman–Crippen LogP) is 6.56. The molecule has 3 aromatic rings. The average molecular weight is 655 g/mol. The van der Waals surface area contributed by atoms with Crippen molar-refractivity contribution in [2.75, 3.05) is 19.8 Å². The molecular weight excluding hydrogens is 623 g/mol. The number of hydrogen-bond donors (Lipinski definition) is 0. The minimum atomic E-state index is -1.35. The highest BCUT2D eigenvalue weighted by atomic mass is 35.5. The summed E-state index contributed by atoms with van der Waals surface area (Å²) in [5, 5.41) is 0.0204. The lowest BCUT2D eigenvalue weighted by atomic mass is 9.94. The number of thioether (sulfide) groups is 1. The largest absolute Gasteiger partial charge is 0.463 e. The summed E-state index contributed by atoms with van der Waals surface area (Å²) in [5.74, 6) is -2.93. The van der Waals surface area contributed by atoms with Crippen molar-refractivity contribution in [3.8, 4) is 0 Å². The van der Waals surface area contributed by atoms with Gasteiger partial charge in [-0.3, -0.25) is 0 Å². The second-order valence-electron chi connectivity index (χ2n) is 10.4. The van der Waals surface area contributed by atoms with Crippen LogP contribution in [0.15, 0.2) is 90.5 Å². The minimum absolute atomic E-state index is 0.169. The number of halogens is 2. The van der Waals surface area contributed by atoms with E-state index < -0.39 is 41.7 Å². The van der Waals surface area contributed by atoms with Gasteiger partial charge in [-0.15, -0.1) is 11.8 Å². The summed E-state index contributed by atoms with van der Waals surface area (Å²) < 4.78 is 42.8. The zero-order valence-electron chi connectivity index (χ0n) is 24.5. The number of esters is 3. The van der Waals surface area contributed by atoms with Crippen molar-refractivity contribution in [1.29, 1.82) is 0 Å². The van der Waals surface area contributed by atoms with Crippen LogP contribution < -0.4 is 0 Å². The maximum absolute atomic E-state index is 13.6. The number of hydrogen-bond acceptors (Lipinski definition) is 9. The Bertz CT molecular complexity index is 1470. The maximum atomic E-state index is 13.6. The van der Waals surface area contributed by atoms with Gasteiger partial charge in [0, 0.05) is 22.4 Å². The first kappa shape index (κ1) is 32.7. The molecule has 1 aliphatic carbocycles. The molecule has 3 aromatic carbocycles. The first-order chi connectivity index (χ1) is 21.8. The SMILES string of the molecule is CCOC(=O)C1=CC2(CCC1SCc1ccc(F)cc1Cl)O[C@@H](COC(=O)c1ccccc1)[C@H](COC(=O)c1ccccc1)O2. The summed E-state index contributed by atoms with van der Waals surface area (Å²) in [5.41, 5.74) is 1.84. The van der Waals surface area contributed by atoms with Crippen molar-refractivity contribution in [3.05, 3.63) is 118 Å². The van der Waals surface area contributed by atoms with Gasteiger partial charge in [-0.05, 0) is 61.4 Å². The van der Waals surface area contributed by atoms with Gasteiger partial charge in [0.05, 0.1) is 23.3 Å². The highest BCUT2D eigenvalue weighted by Gasteiger charge is 2.50. The second kappa shape index (κ2) is 15.1. The molecule has 1 unspecified atom stereocenters. The third-order valence-electron chi connectivity index (χ3n) is 7.34. The van der Waals surface area contributed by atoms with E-state index in [9.17, 15) is 18.8 Å². The molecule has 0 saturated carbocycles. The third kappa shape index (κ3) is 8.32. The van der Waals surface area contributed by atoms with Gasteiger partial charge < -0.3 is 23.7 Å². The molecule has 0 bridgehead atoms. The van der Waals surface area contributed by atoms with Crippen LogP contribution >= 0.6 is 23.4 Å². The number of carbonyl (C=O) groups excluding carboxylic acids is 3. The van der Waals surface area contributed by atoms with Crippen molar-refractivity contribution in [1.82, 2.24) is 0 Å². The minimum Gasteiger partial charge on any atom is -0.463 e. The van der Waals surface area contributed by atoms with E-state index in [1.54, 1.807) is 79.7 Å². The lowest BCUT2D eigenvalue weighted by Crippen LogP contribution is -2.37. The fraction of sp³-hybridized carbons (Fsp3) is 0.324. The molecule has 0 N–H and O–H groups in total. The zero-order chi connectivity index (χ0) is 31.8. The average Bonchev–Trinajstić information content (AvgIpc) is 3.39. The highest BCUT2D eigenvalue weighted by molar-refractivity contribution is 7.99. The molecule has 0 radical (unpaired) electrons. The van der Waals surface area contributed by atoms with Crippen molar-refractivity contribution in [3.63, 3.8) is 0 Å². The molecule has 3 atom stereocenters. The van der Waals surface area contributed by atoms with Gasteiger partial charge in [0.2, 0.25) is 0 Å². The van der Waals surface area contributed by atoms with E-state index in [0.29, 0.717) is 40.3 Å². The first-order valence-corrected chi connectivity index (χ1v) is 15.9. The first-order valence-electron chi connectivity index (χ1n) is 14.5. The van der Waals surface area contributed by atoms with E-state index in [0.717, 1.165) is 5.56 Å². The van der Waals surface area contributed by atoms with Crippen molar-refractivity contribution >= 4 is 41.3 Å². The molecule has 0 aromatic heterocycles. The molecule has 11 heteroatoms. The molecule has 5 rings (SSSR count). The Morgan fingerprint density at radius 1 is 0.867 bits per heavy atom. The molecule has 8 nitrogen and oxygen atoms in total. The van der Waals surface area contributed by atoms with Crippen LogP contribution in [-0.4, -0.2) is 61.0 Å². The Morgan fingerprint density at radius 3 is 1.98 bits per heavy atom. The Hall–Kier alpha value is -3.70. The van der Waals surface area contributed by atoms with Crippen molar-refractivity contribution in [2.45, 2.75) is 48.8 Å². The van der Waals surface area contributed by atoms with Crippen LogP contribution in [0, 0.1) is 5.82 Å². The summed E-state index contributed by atoms with van der Waals surface area (Å²) in [6, 6.07) is 21.3. The molecule has 45 heavy (non-hydrogen) atoms. The zero-order valence-corrected chi connectivity index (χ0v) is 26.1. The van der Waals surface area contributed by atoms with E-state index in [1.807, 2.05) is 0 Å². The fourth-order valence-electron chi connectivity index (χ4n) is 5.09. The third-order valence-corrected chi connectivity index (χ3v) is 9.06. The van der Waals surface area contributed by atoms with E-state index in [4.69, 9.17) is 35.3 Å². The summed E-state index contributed by atoms with van der Waals surface area (Å²) in [6.45, 7) is 1.54. The Morgan fingerprint density at radius 2 is 1.44 bits per heavy atom. The van der Waals surface area contributed by atoms with Crippen molar-refractivity contribution in [2.24, 2.45) is 0 Å². The highest BCUT2D eigenvalue weighted by Crippen LogP contribution is 2.43. The smallest absolute Gasteiger partial charge is 0.338 e. The summed E-state index contributed by atoms with van der Waals surface area (Å²) >= 11 is 7.71. The normalized spacial score (nSPS) is 20.3. The van der Waals surface area contributed by atoms with Crippen LogP contribution in [0.2, 0.25) is 5.02 Å². The van der Waals surface area contributed by atoms with Crippen LogP contribution in [0.1, 0.15) is 46.0 Å². The lowest BCUT2D eigenvalue weighted by molar-refractivity contribution is -0.154. The molecule has 1 aliphatic heterocycles. The van der Waals surface area contributed by atoms with Crippen LogP contribution in [-0.2, 0) is 34.2 Å². The number of rotatable bonds is 11. The van der Waals surface area contributed by atoms with Crippen LogP contribution in [0.4, 0.5) is 4.39 Å². The summed E-state index contributed by atoms with van der Waals surface area (Å²) in [4.78, 5) is 38.6. The van der Waals surface area contributed by atoms with Gasteiger partial charge in [0.25, 0.3) is 0 Å². The van der Waals surface area contributed by atoms with Gasteiger partial charge >= 0.3 is 17.9 Å². The molecule has 236 valence electrons. The van der Waals surface area contributed by atoms with Gasteiger partial charge in [-0.2, -0.15) is 0 Å². The van der Waals surface area contributed by atoms with Gasteiger partial charge in [0.15, 0.2) is 5.79 Å². The molecule has 1 fully saturated rings. The molecule has 2 aliphatic rings. The van der Waals surface area contributed by atoms with Gasteiger partial charge in [-0.1, -0.05) is 54.1 Å². The second-order valence-corrected chi connectivity index (χ2v) is 12.0. The van der Waals surface area contributed by atoms with E-state index in [-0.39, 0.29) is 25.1 Å². The van der Waals surface area contributed by atoms with E-state index in [1.165, 1.54) is 23.9 Å². The van der Waals surface area contributed by atoms with E-state index in [2.05, 4.69) is 0 Å². The number of ether oxygens (including phenoxy) is 5. The van der Waals surface area contributed by atoms with E-state index >= 15 is 0 Å². The molecular formula is C34H32ClFO8S. The van der Waals surface area contributed by atoms with Crippen LogP contribution in [0.25, 0.3) is 0 Å². The van der Waals surface area contributed by atoms with Gasteiger partial charge in [0.1, 0.15) is 31.2 Å². The standard InChI is InChI=1S/C34H32ClFO8S/c1-2-40-33(39)26-18-34(16-15-30(26)45-21-24-13-14-25(36)17-27(24)35)43-28(19-41-31(37)22-9-5-3-6-10-22)29(44-34)20-42-32(38)23-11-7-4-8-12-23/h3-14,17-18,28-30H,2,15-16,19-21H2,1H3/t28-,29-,30?/m0/s1. The molecule has 0 amide bonds. The molecule has 1 saturated heterocycles. The summed E-state index contributed by atoms with van der Waals surface area (Å²) in [7, 11) is 0.